The summed E-state index contributed by atoms with van der Waals surface area (Å²) < 4.78 is 0. The molecule has 1 aliphatic heterocycles. The van der Waals surface area contributed by atoms with Crippen molar-refractivity contribution in [3.8, 4) is 0 Å². The zero-order chi connectivity index (χ0) is 20.9. The van der Waals surface area contributed by atoms with E-state index < -0.39 is 0 Å². The van der Waals surface area contributed by atoms with Crippen LogP contribution in [0.3, 0.4) is 0 Å². The molecule has 0 radical (unpaired) electrons. The minimum absolute atomic E-state index is 0.150. The van der Waals surface area contributed by atoms with Crippen molar-refractivity contribution in [1.29, 1.82) is 0 Å². The molecule has 2 heterocycles. The lowest BCUT2D eigenvalue weighted by Crippen LogP contribution is -2.25. The van der Waals surface area contributed by atoms with E-state index in [-0.39, 0.29) is 17.7 Å². The molecule has 0 spiro atoms. The van der Waals surface area contributed by atoms with Gasteiger partial charge in [-0.05, 0) is 47.7 Å². The van der Waals surface area contributed by atoms with Gasteiger partial charge in [0.2, 0.25) is 5.91 Å². The third-order valence-electron chi connectivity index (χ3n) is 4.94. The number of thiophene rings is 1. The number of carbonyl (C=O) groups excluding carboxylic acids is 3. The fourth-order valence-corrected chi connectivity index (χ4v) is 3.99. The Hall–Kier alpha value is -3.45. The molecule has 1 saturated heterocycles. The summed E-state index contributed by atoms with van der Waals surface area (Å²) in [4.78, 5) is 39.3. The highest BCUT2D eigenvalue weighted by molar-refractivity contribution is 7.12. The Balaban J connectivity index is 1.39. The van der Waals surface area contributed by atoms with Crippen LogP contribution in [0.2, 0.25) is 0 Å². The molecule has 152 valence electrons. The normalized spacial score (nSPS) is 13.3. The van der Waals surface area contributed by atoms with Gasteiger partial charge >= 0.3 is 0 Å². The van der Waals surface area contributed by atoms with Crippen LogP contribution in [0, 0.1) is 0 Å². The molecule has 0 aliphatic carbocycles. The van der Waals surface area contributed by atoms with E-state index in [2.05, 4.69) is 10.6 Å². The summed E-state index contributed by atoms with van der Waals surface area (Å²) in [7, 11) is 0. The van der Waals surface area contributed by atoms with Gasteiger partial charge < -0.3 is 15.5 Å². The van der Waals surface area contributed by atoms with Gasteiger partial charge in [0.05, 0.1) is 16.1 Å². The van der Waals surface area contributed by atoms with Crippen LogP contribution in [-0.4, -0.2) is 24.3 Å². The van der Waals surface area contributed by atoms with Crippen molar-refractivity contribution in [3.05, 3.63) is 82.0 Å². The predicted octanol–water partition coefficient (Wildman–Crippen LogP) is 4.06. The number of amides is 3. The van der Waals surface area contributed by atoms with Gasteiger partial charge in [0.15, 0.2) is 0 Å². The molecule has 2 aromatic carbocycles. The van der Waals surface area contributed by atoms with Crippen LogP contribution >= 0.6 is 11.3 Å². The summed E-state index contributed by atoms with van der Waals surface area (Å²) in [5, 5.41) is 7.53. The average Bonchev–Trinajstić information content (AvgIpc) is 3.45. The van der Waals surface area contributed by atoms with Crippen molar-refractivity contribution in [2.75, 3.05) is 16.8 Å². The molecule has 0 atom stereocenters. The van der Waals surface area contributed by atoms with Crippen molar-refractivity contribution in [2.24, 2.45) is 0 Å². The zero-order valence-corrected chi connectivity index (χ0v) is 17.1. The lowest BCUT2D eigenvalue weighted by molar-refractivity contribution is -0.117. The smallest absolute Gasteiger partial charge is 0.265 e. The minimum Gasteiger partial charge on any atom is -0.348 e. The Morgan fingerprint density at radius 2 is 1.77 bits per heavy atom. The fourth-order valence-electron chi connectivity index (χ4n) is 3.37. The number of benzene rings is 2. The SMILES string of the molecule is O=C(Nc1ccccc1C(=O)NCc1ccc(N2CCCC2=O)cc1)c1cccs1. The summed E-state index contributed by atoms with van der Waals surface area (Å²) in [6.45, 7) is 1.10. The second kappa shape index (κ2) is 8.92. The lowest BCUT2D eigenvalue weighted by Gasteiger charge is -2.16. The van der Waals surface area contributed by atoms with Gasteiger partial charge in [-0.2, -0.15) is 0 Å². The largest absolute Gasteiger partial charge is 0.348 e. The topological polar surface area (TPSA) is 78.5 Å². The van der Waals surface area contributed by atoms with E-state index in [1.807, 2.05) is 35.7 Å². The summed E-state index contributed by atoms with van der Waals surface area (Å²) >= 11 is 1.35. The summed E-state index contributed by atoms with van der Waals surface area (Å²) in [6.07, 6.45) is 1.49. The van der Waals surface area contributed by atoms with E-state index in [9.17, 15) is 14.4 Å². The summed E-state index contributed by atoms with van der Waals surface area (Å²) in [5.41, 5.74) is 2.69. The number of para-hydroxylation sites is 1. The first-order chi connectivity index (χ1) is 14.6. The number of carbonyl (C=O) groups is 3. The summed E-state index contributed by atoms with van der Waals surface area (Å²) in [6, 6.07) is 18.1. The van der Waals surface area contributed by atoms with Crippen LogP contribution in [0.4, 0.5) is 11.4 Å². The fraction of sp³-hybridized carbons (Fsp3) is 0.174. The van der Waals surface area contributed by atoms with Crippen LogP contribution in [0.5, 0.6) is 0 Å². The molecule has 4 rings (SSSR count). The molecule has 0 saturated carbocycles. The molecule has 0 bridgehead atoms. The third kappa shape index (κ3) is 4.41. The number of anilines is 2. The van der Waals surface area contributed by atoms with Crippen molar-refractivity contribution in [2.45, 2.75) is 19.4 Å². The first kappa shape index (κ1) is 19.8. The van der Waals surface area contributed by atoms with E-state index in [0.717, 1.165) is 24.2 Å². The predicted molar refractivity (Wildman–Crippen MR) is 118 cm³/mol. The van der Waals surface area contributed by atoms with Crippen molar-refractivity contribution < 1.29 is 14.4 Å². The average molecular weight is 420 g/mol. The van der Waals surface area contributed by atoms with Gasteiger partial charge in [0.25, 0.3) is 11.8 Å². The lowest BCUT2D eigenvalue weighted by atomic mass is 10.1. The van der Waals surface area contributed by atoms with E-state index in [4.69, 9.17) is 0 Å². The van der Waals surface area contributed by atoms with Crippen LogP contribution in [0.1, 0.15) is 38.4 Å². The number of hydrogen-bond donors (Lipinski definition) is 2. The molecule has 1 aliphatic rings. The van der Waals surface area contributed by atoms with Gasteiger partial charge in [-0.25, -0.2) is 0 Å². The Bertz CT molecular complexity index is 1060. The van der Waals surface area contributed by atoms with E-state index >= 15 is 0 Å². The highest BCUT2D eigenvalue weighted by Gasteiger charge is 2.21. The second-order valence-corrected chi connectivity index (χ2v) is 7.92. The maximum atomic E-state index is 12.7. The molecular weight excluding hydrogens is 398 g/mol. The van der Waals surface area contributed by atoms with Crippen LogP contribution in [0.25, 0.3) is 0 Å². The van der Waals surface area contributed by atoms with Gasteiger partial charge in [0, 0.05) is 25.2 Å². The molecule has 2 N–H and O–H groups in total. The van der Waals surface area contributed by atoms with Crippen LogP contribution < -0.4 is 15.5 Å². The molecule has 3 aromatic rings. The minimum atomic E-state index is -0.268. The Morgan fingerprint density at radius 3 is 2.47 bits per heavy atom. The van der Waals surface area contributed by atoms with Crippen molar-refractivity contribution in [3.63, 3.8) is 0 Å². The molecule has 6 nitrogen and oxygen atoms in total. The quantitative estimate of drug-likeness (QED) is 0.633. The Kier molecular flexibility index (Phi) is 5.90. The first-order valence-electron chi connectivity index (χ1n) is 9.73. The van der Waals surface area contributed by atoms with Crippen molar-refractivity contribution >= 4 is 40.4 Å². The zero-order valence-electron chi connectivity index (χ0n) is 16.3. The standard InChI is InChI=1S/C23H21N3O3S/c27-21-8-3-13-26(21)17-11-9-16(10-12-17)15-24-22(28)18-5-1-2-6-19(18)25-23(29)20-7-4-14-30-20/h1-2,4-7,9-12,14H,3,8,13,15H2,(H,24,28)(H,25,29). The first-order valence-corrected chi connectivity index (χ1v) is 10.6. The van der Waals surface area contributed by atoms with Gasteiger partial charge in [-0.3, -0.25) is 14.4 Å². The summed E-state index contributed by atoms with van der Waals surface area (Å²) in [5.74, 6) is -0.356. The van der Waals surface area contributed by atoms with E-state index in [1.165, 1.54) is 11.3 Å². The molecule has 7 heteroatoms. The Morgan fingerprint density at radius 1 is 0.967 bits per heavy atom. The molecule has 3 amide bonds. The highest BCUT2D eigenvalue weighted by atomic mass is 32.1. The van der Waals surface area contributed by atoms with E-state index in [1.54, 1.807) is 35.2 Å². The molecule has 1 aromatic heterocycles. The van der Waals surface area contributed by atoms with Gasteiger partial charge in [0.1, 0.15) is 0 Å². The number of rotatable bonds is 6. The number of nitrogens with zero attached hydrogens (tertiary/aromatic N) is 1. The maximum absolute atomic E-state index is 12.7. The van der Waals surface area contributed by atoms with Crippen LogP contribution in [0.15, 0.2) is 66.0 Å². The maximum Gasteiger partial charge on any atom is 0.265 e. The van der Waals surface area contributed by atoms with Gasteiger partial charge in [-0.1, -0.05) is 30.3 Å². The number of hydrogen-bond acceptors (Lipinski definition) is 4. The molecule has 30 heavy (non-hydrogen) atoms. The van der Waals surface area contributed by atoms with Crippen molar-refractivity contribution in [1.82, 2.24) is 5.32 Å². The van der Waals surface area contributed by atoms with Crippen LogP contribution in [-0.2, 0) is 11.3 Å². The number of nitrogens with one attached hydrogen (secondary N) is 2. The van der Waals surface area contributed by atoms with Gasteiger partial charge in [-0.15, -0.1) is 11.3 Å². The highest BCUT2D eigenvalue weighted by Crippen LogP contribution is 2.22. The second-order valence-electron chi connectivity index (χ2n) is 6.98. The third-order valence-corrected chi connectivity index (χ3v) is 5.81. The molecular formula is C23H21N3O3S. The monoisotopic (exact) mass is 419 g/mol. The Labute approximate surface area is 178 Å². The molecule has 1 fully saturated rings. The van der Waals surface area contributed by atoms with E-state index in [0.29, 0.717) is 29.1 Å². The molecule has 0 unspecified atom stereocenters.